The van der Waals surface area contributed by atoms with E-state index in [0.29, 0.717) is 30.4 Å². The van der Waals surface area contributed by atoms with Crippen molar-refractivity contribution in [1.29, 1.82) is 0 Å². The topological polar surface area (TPSA) is 76.2 Å². The van der Waals surface area contributed by atoms with Crippen LogP contribution in [0, 0.1) is 5.92 Å². The molecule has 1 fully saturated rings. The fourth-order valence-corrected chi connectivity index (χ4v) is 5.58. The molecule has 7 nitrogen and oxygen atoms in total. The molecule has 1 amide bonds. The standard InChI is InChI=1S/C22H29N5O2S2/c1-3-27-21(18-6-4-12-29-18)24-25-22(27)31-15-20(28)23-14-17(19-7-5-13-30-19)26-10-8-16(2)9-11-26/h4-7,12-13,16-17H,3,8-11,14-15H2,1-2H3,(H,23,28). The van der Waals surface area contributed by atoms with E-state index in [9.17, 15) is 4.79 Å². The van der Waals surface area contributed by atoms with Gasteiger partial charge in [-0.3, -0.25) is 14.3 Å². The number of likely N-dealkylation sites (tertiary alicyclic amines) is 1. The van der Waals surface area contributed by atoms with Gasteiger partial charge in [0.05, 0.1) is 18.1 Å². The Hall–Kier alpha value is -2.10. The van der Waals surface area contributed by atoms with Crippen LogP contribution in [-0.4, -0.2) is 51.0 Å². The van der Waals surface area contributed by atoms with Gasteiger partial charge in [-0.05, 0) is 62.4 Å². The van der Waals surface area contributed by atoms with Crippen molar-refractivity contribution in [2.24, 2.45) is 5.92 Å². The van der Waals surface area contributed by atoms with Crippen molar-refractivity contribution in [2.75, 3.05) is 25.4 Å². The number of furan rings is 1. The highest BCUT2D eigenvalue weighted by atomic mass is 32.2. The molecular formula is C22H29N5O2S2. The molecule has 1 aliphatic heterocycles. The number of carbonyl (C=O) groups is 1. The highest BCUT2D eigenvalue weighted by molar-refractivity contribution is 7.99. The third-order valence-corrected chi connectivity index (χ3v) is 7.67. The van der Waals surface area contributed by atoms with Gasteiger partial charge < -0.3 is 9.73 Å². The smallest absolute Gasteiger partial charge is 0.230 e. The number of carbonyl (C=O) groups excluding carboxylic acids is 1. The number of nitrogens with one attached hydrogen (secondary N) is 1. The van der Waals surface area contributed by atoms with Crippen LogP contribution in [0.2, 0.25) is 0 Å². The number of aromatic nitrogens is 3. The quantitative estimate of drug-likeness (QED) is 0.481. The Morgan fingerprint density at radius 1 is 1.32 bits per heavy atom. The molecular weight excluding hydrogens is 430 g/mol. The van der Waals surface area contributed by atoms with Crippen molar-refractivity contribution < 1.29 is 9.21 Å². The van der Waals surface area contributed by atoms with Gasteiger partial charge in [0.15, 0.2) is 16.7 Å². The number of thioether (sulfide) groups is 1. The average Bonchev–Trinajstić information content (AvgIpc) is 3.54. The largest absolute Gasteiger partial charge is 0.461 e. The minimum atomic E-state index is 0.0159. The lowest BCUT2D eigenvalue weighted by Crippen LogP contribution is -2.42. The minimum absolute atomic E-state index is 0.0159. The lowest BCUT2D eigenvalue weighted by Gasteiger charge is -2.36. The molecule has 0 saturated carbocycles. The predicted octanol–water partition coefficient (Wildman–Crippen LogP) is 4.30. The monoisotopic (exact) mass is 459 g/mol. The Morgan fingerprint density at radius 3 is 2.84 bits per heavy atom. The van der Waals surface area contributed by atoms with Crippen LogP contribution in [0.15, 0.2) is 45.5 Å². The number of amides is 1. The number of thiophene rings is 1. The van der Waals surface area contributed by atoms with Crippen molar-refractivity contribution in [3.05, 3.63) is 40.8 Å². The van der Waals surface area contributed by atoms with Crippen molar-refractivity contribution in [2.45, 2.75) is 44.4 Å². The van der Waals surface area contributed by atoms with Gasteiger partial charge in [0, 0.05) is 18.0 Å². The summed E-state index contributed by atoms with van der Waals surface area (Å²) in [6.45, 7) is 7.87. The minimum Gasteiger partial charge on any atom is -0.461 e. The van der Waals surface area contributed by atoms with E-state index in [4.69, 9.17) is 4.42 Å². The van der Waals surface area contributed by atoms with Crippen molar-refractivity contribution >= 4 is 29.0 Å². The summed E-state index contributed by atoms with van der Waals surface area (Å²) < 4.78 is 7.42. The zero-order valence-corrected chi connectivity index (χ0v) is 19.6. The molecule has 1 saturated heterocycles. The molecule has 166 valence electrons. The molecule has 9 heteroatoms. The van der Waals surface area contributed by atoms with E-state index in [1.54, 1.807) is 17.6 Å². The first-order valence-corrected chi connectivity index (χ1v) is 12.7. The van der Waals surface area contributed by atoms with Gasteiger partial charge in [-0.2, -0.15) is 0 Å². The second-order valence-electron chi connectivity index (χ2n) is 7.87. The first-order valence-electron chi connectivity index (χ1n) is 10.8. The maximum atomic E-state index is 12.6. The van der Waals surface area contributed by atoms with Crippen LogP contribution >= 0.6 is 23.1 Å². The van der Waals surface area contributed by atoms with Crippen LogP contribution in [0.1, 0.15) is 37.6 Å². The summed E-state index contributed by atoms with van der Waals surface area (Å²) in [5, 5.41) is 14.5. The Bertz CT molecular complexity index is 947. The molecule has 4 heterocycles. The van der Waals surface area contributed by atoms with Crippen LogP contribution < -0.4 is 5.32 Å². The average molecular weight is 460 g/mol. The van der Waals surface area contributed by atoms with Crippen molar-refractivity contribution in [3.8, 4) is 11.6 Å². The van der Waals surface area contributed by atoms with E-state index in [1.165, 1.54) is 29.5 Å². The van der Waals surface area contributed by atoms with Crippen molar-refractivity contribution in [1.82, 2.24) is 25.0 Å². The second-order valence-corrected chi connectivity index (χ2v) is 9.79. The number of piperidine rings is 1. The lowest BCUT2D eigenvalue weighted by molar-refractivity contribution is -0.118. The summed E-state index contributed by atoms with van der Waals surface area (Å²) in [4.78, 5) is 16.5. The summed E-state index contributed by atoms with van der Waals surface area (Å²) in [7, 11) is 0. The van der Waals surface area contributed by atoms with Gasteiger partial charge in [0.25, 0.3) is 0 Å². The summed E-state index contributed by atoms with van der Waals surface area (Å²) in [5.74, 6) is 2.48. The SMILES string of the molecule is CCn1c(SCC(=O)NCC(c2cccs2)N2CCC(C)CC2)nnc1-c1ccco1. The second kappa shape index (κ2) is 10.5. The van der Waals surface area contributed by atoms with Gasteiger partial charge in [-0.25, -0.2) is 0 Å². The summed E-state index contributed by atoms with van der Waals surface area (Å²) >= 11 is 3.17. The van der Waals surface area contributed by atoms with Crippen LogP contribution in [-0.2, 0) is 11.3 Å². The summed E-state index contributed by atoms with van der Waals surface area (Å²) in [6.07, 6.45) is 4.06. The highest BCUT2D eigenvalue weighted by Crippen LogP contribution is 2.29. The molecule has 3 aromatic heterocycles. The van der Waals surface area contributed by atoms with E-state index in [2.05, 4.69) is 44.9 Å². The van der Waals surface area contributed by atoms with E-state index >= 15 is 0 Å². The Labute approximate surface area is 191 Å². The van der Waals surface area contributed by atoms with Crippen LogP contribution in [0.5, 0.6) is 0 Å². The maximum absolute atomic E-state index is 12.6. The summed E-state index contributed by atoms with van der Waals surface area (Å²) in [5.41, 5.74) is 0. The molecule has 0 bridgehead atoms. The summed E-state index contributed by atoms with van der Waals surface area (Å²) in [6, 6.07) is 8.20. The predicted molar refractivity (Wildman–Crippen MR) is 124 cm³/mol. The van der Waals surface area contributed by atoms with E-state index < -0.39 is 0 Å². The third-order valence-electron chi connectivity index (χ3n) is 5.73. The number of hydrogen-bond acceptors (Lipinski definition) is 7. The van der Waals surface area contributed by atoms with Gasteiger partial charge in [-0.15, -0.1) is 21.5 Å². The maximum Gasteiger partial charge on any atom is 0.230 e. The molecule has 3 aromatic rings. The van der Waals surface area contributed by atoms with Gasteiger partial charge >= 0.3 is 0 Å². The van der Waals surface area contributed by atoms with E-state index in [0.717, 1.165) is 24.2 Å². The molecule has 31 heavy (non-hydrogen) atoms. The van der Waals surface area contributed by atoms with Gasteiger partial charge in [-0.1, -0.05) is 24.8 Å². The Morgan fingerprint density at radius 2 is 2.16 bits per heavy atom. The number of rotatable bonds is 9. The van der Waals surface area contributed by atoms with Gasteiger partial charge in [0.1, 0.15) is 0 Å². The fourth-order valence-electron chi connectivity index (χ4n) is 3.89. The molecule has 0 radical (unpaired) electrons. The normalized spacial score (nSPS) is 16.5. The molecule has 0 aromatic carbocycles. The van der Waals surface area contributed by atoms with Crippen LogP contribution in [0.3, 0.4) is 0 Å². The Balaban J connectivity index is 1.34. The first kappa shape index (κ1) is 22.1. The molecule has 1 atom stereocenters. The zero-order chi connectivity index (χ0) is 21.6. The third kappa shape index (κ3) is 5.39. The van der Waals surface area contributed by atoms with E-state index in [1.807, 2.05) is 23.6 Å². The molecule has 4 rings (SSSR count). The number of nitrogens with zero attached hydrogens (tertiary/aromatic N) is 4. The van der Waals surface area contributed by atoms with Crippen LogP contribution in [0.4, 0.5) is 0 Å². The molecule has 0 spiro atoms. The number of hydrogen-bond donors (Lipinski definition) is 1. The fraction of sp³-hybridized carbons (Fsp3) is 0.500. The van der Waals surface area contributed by atoms with Crippen molar-refractivity contribution in [3.63, 3.8) is 0 Å². The lowest BCUT2D eigenvalue weighted by atomic mass is 9.97. The Kier molecular flexibility index (Phi) is 7.47. The molecule has 1 unspecified atom stereocenters. The highest BCUT2D eigenvalue weighted by Gasteiger charge is 2.26. The van der Waals surface area contributed by atoms with E-state index in [-0.39, 0.29) is 11.9 Å². The molecule has 0 aliphatic carbocycles. The van der Waals surface area contributed by atoms with Crippen LogP contribution in [0.25, 0.3) is 11.6 Å². The van der Waals surface area contributed by atoms with Gasteiger partial charge in [0.2, 0.25) is 5.91 Å². The molecule has 1 aliphatic rings. The first-order chi connectivity index (χ1) is 15.2. The molecule has 1 N–H and O–H groups in total. The zero-order valence-electron chi connectivity index (χ0n) is 18.0.